The summed E-state index contributed by atoms with van der Waals surface area (Å²) in [5, 5.41) is 13.6. The second-order valence-electron chi connectivity index (χ2n) is 5.56. The van der Waals surface area contributed by atoms with Crippen LogP contribution in [-0.2, 0) is 0 Å². The van der Waals surface area contributed by atoms with Crippen LogP contribution in [-0.4, -0.2) is 16.9 Å². The van der Waals surface area contributed by atoms with Crippen LogP contribution < -0.4 is 5.32 Å². The molecule has 3 rings (SSSR count). The molecule has 0 spiro atoms. The first-order valence-corrected chi connectivity index (χ1v) is 6.69. The first kappa shape index (κ1) is 12.1. The number of hydrogen-bond acceptors (Lipinski definition) is 3. The first-order chi connectivity index (χ1) is 9.13. The Morgan fingerprint density at radius 2 is 1.95 bits per heavy atom. The number of rotatable bonds is 3. The highest BCUT2D eigenvalue weighted by Gasteiger charge is 2.40. The number of carbonyl (C=O) groups excluding carboxylic acids is 1. The molecule has 0 unspecified atom stereocenters. The van der Waals surface area contributed by atoms with E-state index in [1.54, 1.807) is 0 Å². The molecular weight excluding hydrogens is 244 g/mol. The smallest absolute Gasteiger partial charge is 0.269 e. The molecule has 0 aliphatic heterocycles. The highest BCUT2D eigenvalue weighted by atomic mass is 16.6. The van der Waals surface area contributed by atoms with Crippen molar-refractivity contribution in [3.8, 4) is 0 Å². The molecule has 0 heterocycles. The average molecular weight is 260 g/mol. The number of carbonyl (C=O) groups is 1. The predicted molar refractivity (Wildman–Crippen MR) is 69.8 cm³/mol. The molecule has 2 bridgehead atoms. The van der Waals surface area contributed by atoms with Crippen molar-refractivity contribution < 1.29 is 9.72 Å². The van der Waals surface area contributed by atoms with Crippen molar-refractivity contribution in [2.45, 2.75) is 31.7 Å². The lowest BCUT2D eigenvalue weighted by Gasteiger charge is -2.22. The van der Waals surface area contributed by atoms with Gasteiger partial charge >= 0.3 is 0 Å². The highest BCUT2D eigenvalue weighted by Crippen LogP contribution is 2.44. The third kappa shape index (κ3) is 2.32. The van der Waals surface area contributed by atoms with Crippen LogP contribution >= 0.6 is 0 Å². The Morgan fingerprint density at radius 1 is 1.21 bits per heavy atom. The lowest BCUT2D eigenvalue weighted by molar-refractivity contribution is -0.384. The topological polar surface area (TPSA) is 72.2 Å². The van der Waals surface area contributed by atoms with Crippen molar-refractivity contribution in [3.05, 3.63) is 39.9 Å². The average Bonchev–Trinajstić information content (AvgIpc) is 3.01. The molecule has 5 nitrogen and oxygen atoms in total. The van der Waals surface area contributed by atoms with E-state index in [0.29, 0.717) is 17.5 Å². The van der Waals surface area contributed by atoms with Crippen molar-refractivity contribution in [3.63, 3.8) is 0 Å². The van der Waals surface area contributed by atoms with E-state index in [1.807, 2.05) is 0 Å². The molecule has 0 aromatic heterocycles. The fourth-order valence-electron chi connectivity index (χ4n) is 3.41. The molecule has 2 aliphatic rings. The minimum Gasteiger partial charge on any atom is -0.349 e. The van der Waals surface area contributed by atoms with E-state index in [2.05, 4.69) is 5.32 Å². The third-order valence-electron chi connectivity index (χ3n) is 4.39. The first-order valence-electron chi connectivity index (χ1n) is 6.69. The molecule has 3 atom stereocenters. The molecule has 0 saturated heterocycles. The second-order valence-corrected chi connectivity index (χ2v) is 5.56. The Bertz CT molecular complexity index is 512. The number of fused-ring (bicyclic) bond motifs is 2. The van der Waals surface area contributed by atoms with Gasteiger partial charge < -0.3 is 5.32 Å². The maximum absolute atomic E-state index is 12.1. The molecule has 1 aromatic rings. The summed E-state index contributed by atoms with van der Waals surface area (Å²) in [4.78, 5) is 22.2. The summed E-state index contributed by atoms with van der Waals surface area (Å²) in [7, 11) is 0. The van der Waals surface area contributed by atoms with Gasteiger partial charge in [0.15, 0.2) is 0 Å². The molecule has 5 heteroatoms. The molecule has 100 valence electrons. The van der Waals surface area contributed by atoms with Crippen LogP contribution in [0, 0.1) is 22.0 Å². The quantitative estimate of drug-likeness (QED) is 0.670. The summed E-state index contributed by atoms with van der Waals surface area (Å²) in [6, 6.07) is 6.06. The summed E-state index contributed by atoms with van der Waals surface area (Å²) in [6.45, 7) is 0. The SMILES string of the molecule is O=C(N[C@@H]1C[C@H]2CC[C@H]1C2)c1ccc([N+](=O)[O-])cc1. The molecule has 1 N–H and O–H groups in total. The van der Waals surface area contributed by atoms with Crippen LogP contribution in [0.3, 0.4) is 0 Å². The zero-order valence-electron chi connectivity index (χ0n) is 10.5. The highest BCUT2D eigenvalue weighted by molar-refractivity contribution is 5.94. The zero-order valence-corrected chi connectivity index (χ0v) is 10.5. The molecule has 19 heavy (non-hydrogen) atoms. The van der Waals surface area contributed by atoms with E-state index in [4.69, 9.17) is 0 Å². The van der Waals surface area contributed by atoms with Gasteiger partial charge in [-0.25, -0.2) is 0 Å². The van der Waals surface area contributed by atoms with Gasteiger partial charge in [-0.15, -0.1) is 0 Å². The molecule has 2 aliphatic carbocycles. The summed E-state index contributed by atoms with van der Waals surface area (Å²) < 4.78 is 0. The fraction of sp³-hybridized carbons (Fsp3) is 0.500. The monoisotopic (exact) mass is 260 g/mol. The second kappa shape index (κ2) is 4.64. The predicted octanol–water partition coefficient (Wildman–Crippen LogP) is 2.51. The molecule has 1 aromatic carbocycles. The van der Waals surface area contributed by atoms with Gasteiger partial charge in [0.05, 0.1) is 4.92 Å². The van der Waals surface area contributed by atoms with Crippen molar-refractivity contribution in [1.29, 1.82) is 0 Å². The Hall–Kier alpha value is -1.91. The summed E-state index contributed by atoms with van der Waals surface area (Å²) >= 11 is 0. The van der Waals surface area contributed by atoms with Gasteiger partial charge in [0.2, 0.25) is 0 Å². The van der Waals surface area contributed by atoms with Crippen LogP contribution in [0.1, 0.15) is 36.0 Å². The van der Waals surface area contributed by atoms with Crippen molar-refractivity contribution >= 4 is 11.6 Å². The third-order valence-corrected chi connectivity index (χ3v) is 4.39. The van der Waals surface area contributed by atoms with Gasteiger partial charge in [0.25, 0.3) is 11.6 Å². The van der Waals surface area contributed by atoms with E-state index >= 15 is 0 Å². The van der Waals surface area contributed by atoms with Gasteiger partial charge in [-0.1, -0.05) is 6.42 Å². The van der Waals surface area contributed by atoms with Gasteiger partial charge in [-0.3, -0.25) is 14.9 Å². The molecule has 0 radical (unpaired) electrons. The van der Waals surface area contributed by atoms with Crippen LogP contribution in [0.15, 0.2) is 24.3 Å². The molecular formula is C14H16N2O3. The number of nitrogens with zero attached hydrogens (tertiary/aromatic N) is 1. The molecule has 2 fully saturated rings. The lowest BCUT2D eigenvalue weighted by atomic mass is 9.95. The fourth-order valence-corrected chi connectivity index (χ4v) is 3.41. The van der Waals surface area contributed by atoms with Crippen LogP contribution in [0.4, 0.5) is 5.69 Å². The Morgan fingerprint density at radius 3 is 2.47 bits per heavy atom. The zero-order chi connectivity index (χ0) is 13.4. The van der Waals surface area contributed by atoms with Crippen molar-refractivity contribution in [2.24, 2.45) is 11.8 Å². The van der Waals surface area contributed by atoms with Crippen LogP contribution in [0.25, 0.3) is 0 Å². The standard InChI is InChI=1S/C14H16N2O3/c17-14(10-3-5-12(6-4-10)16(18)19)15-13-8-9-1-2-11(13)7-9/h3-6,9,11,13H,1-2,7-8H2,(H,15,17)/t9-,11-,13+/m0/s1. The van der Waals surface area contributed by atoms with E-state index in [1.165, 1.54) is 43.5 Å². The number of hydrogen-bond donors (Lipinski definition) is 1. The van der Waals surface area contributed by atoms with Crippen LogP contribution in [0.2, 0.25) is 0 Å². The van der Waals surface area contributed by atoms with E-state index < -0.39 is 4.92 Å². The number of nitro benzene ring substituents is 1. The number of nitro groups is 1. The maximum atomic E-state index is 12.1. The number of amides is 1. The molecule has 1 amide bonds. The van der Waals surface area contributed by atoms with Gasteiger partial charge in [-0.05, 0) is 43.2 Å². The minimum absolute atomic E-state index is 0.0106. The Balaban J connectivity index is 1.65. The van der Waals surface area contributed by atoms with E-state index in [-0.39, 0.29) is 11.6 Å². The minimum atomic E-state index is -0.461. The summed E-state index contributed by atoms with van der Waals surface area (Å²) in [6.07, 6.45) is 4.85. The van der Waals surface area contributed by atoms with Crippen molar-refractivity contribution in [1.82, 2.24) is 5.32 Å². The van der Waals surface area contributed by atoms with Gasteiger partial charge in [-0.2, -0.15) is 0 Å². The van der Waals surface area contributed by atoms with E-state index in [9.17, 15) is 14.9 Å². The lowest BCUT2D eigenvalue weighted by Crippen LogP contribution is -2.38. The summed E-state index contributed by atoms with van der Waals surface area (Å²) in [5.74, 6) is 1.30. The Kier molecular flexibility index (Phi) is 2.97. The van der Waals surface area contributed by atoms with E-state index in [0.717, 1.165) is 12.3 Å². The largest absolute Gasteiger partial charge is 0.349 e. The maximum Gasteiger partial charge on any atom is 0.269 e. The van der Waals surface area contributed by atoms with Crippen LogP contribution in [0.5, 0.6) is 0 Å². The van der Waals surface area contributed by atoms with Crippen molar-refractivity contribution in [2.75, 3.05) is 0 Å². The number of non-ortho nitro benzene ring substituents is 1. The number of benzene rings is 1. The van der Waals surface area contributed by atoms with Gasteiger partial charge in [0, 0.05) is 23.7 Å². The normalized spacial score (nSPS) is 28.3. The molecule has 2 saturated carbocycles. The van der Waals surface area contributed by atoms with Gasteiger partial charge in [0.1, 0.15) is 0 Å². The summed E-state index contributed by atoms with van der Waals surface area (Å²) in [5.41, 5.74) is 0.504. The number of nitrogens with one attached hydrogen (secondary N) is 1. The Labute approximate surface area is 111 Å².